The zero-order valence-electron chi connectivity index (χ0n) is 15.4. The molecule has 0 bridgehead atoms. The van der Waals surface area contributed by atoms with E-state index in [1.54, 1.807) is 4.57 Å². The number of aryl methyl sites for hydroxylation is 3. The summed E-state index contributed by atoms with van der Waals surface area (Å²) < 4.78 is 6.97. The van der Waals surface area contributed by atoms with Gasteiger partial charge in [-0.15, -0.1) is 0 Å². The van der Waals surface area contributed by atoms with Crippen molar-refractivity contribution in [1.29, 1.82) is 0 Å². The Balaban J connectivity index is 1.89. The van der Waals surface area contributed by atoms with Crippen molar-refractivity contribution in [3.63, 3.8) is 0 Å². The number of rotatable bonds is 4. The van der Waals surface area contributed by atoms with Gasteiger partial charge in [0.15, 0.2) is 5.16 Å². The van der Waals surface area contributed by atoms with Crippen molar-refractivity contribution in [2.75, 3.05) is 0 Å². The number of hydrogen-bond acceptors (Lipinski definition) is 5. The lowest BCUT2D eigenvalue weighted by molar-refractivity contribution is 0.392. The third-order valence-corrected chi connectivity index (χ3v) is 5.59. The second kappa shape index (κ2) is 7.04. The maximum Gasteiger partial charge on any atom is 0.266 e. The number of thioether (sulfide) groups is 1. The highest BCUT2D eigenvalue weighted by Gasteiger charge is 2.16. The topological polar surface area (TPSA) is 60.9 Å². The van der Waals surface area contributed by atoms with Crippen LogP contribution in [0.3, 0.4) is 0 Å². The molecule has 0 aliphatic carbocycles. The van der Waals surface area contributed by atoms with Crippen LogP contribution in [0.2, 0.25) is 0 Å². The van der Waals surface area contributed by atoms with E-state index in [2.05, 4.69) is 5.16 Å². The molecular weight excluding hydrogens is 358 g/mol. The van der Waals surface area contributed by atoms with Crippen LogP contribution in [0.5, 0.6) is 0 Å². The second-order valence-corrected chi connectivity index (χ2v) is 7.37. The minimum atomic E-state index is -0.0591. The number of aromatic nitrogens is 3. The molecular formula is C21H19N3O2S. The number of para-hydroxylation sites is 2. The first-order valence-corrected chi connectivity index (χ1v) is 9.67. The Labute approximate surface area is 161 Å². The van der Waals surface area contributed by atoms with Gasteiger partial charge in [-0.3, -0.25) is 9.36 Å². The normalized spacial score (nSPS) is 11.2. The van der Waals surface area contributed by atoms with Crippen LogP contribution in [0.1, 0.15) is 22.6 Å². The first kappa shape index (κ1) is 17.5. The monoisotopic (exact) mass is 377 g/mol. The van der Waals surface area contributed by atoms with Gasteiger partial charge in [0.2, 0.25) is 0 Å². The Morgan fingerprint density at radius 3 is 2.52 bits per heavy atom. The van der Waals surface area contributed by atoms with Gasteiger partial charge in [-0.25, -0.2) is 4.98 Å². The lowest BCUT2D eigenvalue weighted by Crippen LogP contribution is -2.22. The van der Waals surface area contributed by atoms with Crippen molar-refractivity contribution < 1.29 is 4.52 Å². The summed E-state index contributed by atoms with van der Waals surface area (Å²) in [4.78, 5) is 18.1. The van der Waals surface area contributed by atoms with E-state index in [1.807, 2.05) is 69.3 Å². The lowest BCUT2D eigenvalue weighted by atomic mass is 10.2. The fourth-order valence-electron chi connectivity index (χ4n) is 3.08. The van der Waals surface area contributed by atoms with Gasteiger partial charge in [0.25, 0.3) is 5.56 Å². The molecule has 0 fully saturated rings. The lowest BCUT2D eigenvalue weighted by Gasteiger charge is -2.15. The van der Waals surface area contributed by atoms with Crippen LogP contribution in [0.15, 0.2) is 63.0 Å². The van der Waals surface area contributed by atoms with Crippen molar-refractivity contribution in [3.8, 4) is 5.69 Å². The summed E-state index contributed by atoms with van der Waals surface area (Å²) in [5.41, 5.74) is 4.42. The Hall–Kier alpha value is -2.86. The summed E-state index contributed by atoms with van der Waals surface area (Å²) in [6, 6.07) is 15.3. The summed E-state index contributed by atoms with van der Waals surface area (Å²) in [5, 5.41) is 5.29. The minimum absolute atomic E-state index is 0.0591. The van der Waals surface area contributed by atoms with E-state index in [1.165, 1.54) is 11.8 Å². The maximum atomic E-state index is 13.3. The first-order chi connectivity index (χ1) is 13.1. The van der Waals surface area contributed by atoms with Crippen LogP contribution < -0.4 is 5.56 Å². The van der Waals surface area contributed by atoms with Gasteiger partial charge in [0.1, 0.15) is 5.76 Å². The molecule has 0 aliphatic heterocycles. The average Bonchev–Trinajstić information content (AvgIpc) is 2.99. The van der Waals surface area contributed by atoms with Gasteiger partial charge < -0.3 is 4.52 Å². The van der Waals surface area contributed by atoms with Crippen molar-refractivity contribution in [3.05, 3.63) is 81.5 Å². The smallest absolute Gasteiger partial charge is 0.266 e. The van der Waals surface area contributed by atoms with Crippen LogP contribution in [-0.2, 0) is 5.75 Å². The number of fused-ring (bicyclic) bond motifs is 1. The van der Waals surface area contributed by atoms with Crippen molar-refractivity contribution in [2.45, 2.75) is 31.7 Å². The Morgan fingerprint density at radius 1 is 1.04 bits per heavy atom. The zero-order chi connectivity index (χ0) is 19.0. The molecule has 0 spiro atoms. The van der Waals surface area contributed by atoms with E-state index in [9.17, 15) is 4.79 Å². The number of hydrogen-bond donors (Lipinski definition) is 0. The molecule has 5 nitrogen and oxygen atoms in total. The number of benzene rings is 2. The molecule has 0 saturated carbocycles. The zero-order valence-corrected chi connectivity index (χ0v) is 16.2. The van der Waals surface area contributed by atoms with E-state index in [4.69, 9.17) is 9.51 Å². The van der Waals surface area contributed by atoms with Gasteiger partial charge in [0.05, 0.1) is 22.3 Å². The summed E-state index contributed by atoms with van der Waals surface area (Å²) in [5.74, 6) is 1.43. The molecule has 6 heteroatoms. The highest BCUT2D eigenvalue weighted by atomic mass is 32.2. The van der Waals surface area contributed by atoms with Crippen LogP contribution in [0.4, 0.5) is 0 Å². The molecule has 2 aromatic carbocycles. The summed E-state index contributed by atoms with van der Waals surface area (Å²) in [7, 11) is 0. The average molecular weight is 377 g/mol. The molecule has 0 N–H and O–H groups in total. The van der Waals surface area contributed by atoms with Gasteiger partial charge >= 0.3 is 0 Å². The maximum absolute atomic E-state index is 13.3. The molecule has 0 unspecified atom stereocenters. The van der Waals surface area contributed by atoms with Crippen molar-refractivity contribution in [2.24, 2.45) is 0 Å². The number of nitrogens with zero attached hydrogens (tertiary/aromatic N) is 3. The molecule has 0 atom stereocenters. The second-order valence-electron chi connectivity index (χ2n) is 6.43. The summed E-state index contributed by atoms with van der Waals surface area (Å²) in [6.45, 7) is 5.83. The molecule has 0 radical (unpaired) electrons. The molecule has 136 valence electrons. The van der Waals surface area contributed by atoms with Gasteiger partial charge in [-0.1, -0.05) is 47.3 Å². The van der Waals surface area contributed by atoms with Crippen LogP contribution in [-0.4, -0.2) is 14.7 Å². The highest BCUT2D eigenvalue weighted by Crippen LogP contribution is 2.28. The molecule has 4 aromatic rings. The molecule has 0 amide bonds. The summed E-state index contributed by atoms with van der Waals surface area (Å²) >= 11 is 1.52. The largest absolute Gasteiger partial charge is 0.361 e. The first-order valence-electron chi connectivity index (χ1n) is 8.68. The van der Waals surface area contributed by atoms with Gasteiger partial charge in [-0.05, 0) is 44.5 Å². The van der Waals surface area contributed by atoms with E-state index >= 15 is 0 Å². The predicted molar refractivity (Wildman–Crippen MR) is 108 cm³/mol. The quantitative estimate of drug-likeness (QED) is 0.384. The molecule has 2 heterocycles. The third kappa shape index (κ3) is 3.17. The van der Waals surface area contributed by atoms with Crippen LogP contribution >= 0.6 is 11.8 Å². The summed E-state index contributed by atoms with van der Waals surface area (Å²) in [6.07, 6.45) is 0. The predicted octanol–water partition coefficient (Wildman–Crippen LogP) is 4.59. The molecule has 0 aliphatic rings. The Morgan fingerprint density at radius 2 is 1.78 bits per heavy atom. The molecule has 2 aromatic heterocycles. The highest BCUT2D eigenvalue weighted by molar-refractivity contribution is 7.98. The standard InChI is InChI=1S/C21H19N3O2S/c1-13-8-4-7-11-19(13)24-20(25)16-9-5-6-10-18(16)22-21(24)27-12-17-14(2)23-26-15(17)3/h4-11H,12H2,1-3H3. The third-order valence-electron chi connectivity index (χ3n) is 4.63. The van der Waals surface area contributed by atoms with E-state index in [0.717, 1.165) is 28.3 Å². The Bertz CT molecular complexity index is 1170. The SMILES string of the molecule is Cc1ccccc1-n1c(SCc2c(C)noc2C)nc2ccccc2c1=O. The van der Waals surface area contributed by atoms with Crippen molar-refractivity contribution >= 4 is 22.7 Å². The fraction of sp³-hybridized carbons (Fsp3) is 0.190. The van der Waals surface area contributed by atoms with Crippen LogP contribution in [0, 0.1) is 20.8 Å². The van der Waals surface area contributed by atoms with Crippen molar-refractivity contribution in [1.82, 2.24) is 14.7 Å². The van der Waals surface area contributed by atoms with E-state index in [-0.39, 0.29) is 5.56 Å². The minimum Gasteiger partial charge on any atom is -0.361 e. The van der Waals surface area contributed by atoms with Crippen LogP contribution in [0.25, 0.3) is 16.6 Å². The van der Waals surface area contributed by atoms with Gasteiger partial charge in [-0.2, -0.15) is 0 Å². The van der Waals surface area contributed by atoms with E-state index < -0.39 is 0 Å². The Kier molecular flexibility index (Phi) is 4.58. The fourth-order valence-corrected chi connectivity index (χ4v) is 4.24. The molecule has 27 heavy (non-hydrogen) atoms. The molecule has 4 rings (SSSR count). The van der Waals surface area contributed by atoms with E-state index in [0.29, 0.717) is 21.8 Å². The van der Waals surface area contributed by atoms with Gasteiger partial charge in [0, 0.05) is 11.3 Å². The molecule has 0 saturated heterocycles.